The summed E-state index contributed by atoms with van der Waals surface area (Å²) >= 11 is 1.77. The van der Waals surface area contributed by atoms with E-state index in [0.29, 0.717) is 17.7 Å². The lowest BCUT2D eigenvalue weighted by Crippen LogP contribution is -2.29. The van der Waals surface area contributed by atoms with Gasteiger partial charge >= 0.3 is 0 Å². The highest BCUT2D eigenvalue weighted by atomic mass is 32.2. The molecule has 0 saturated heterocycles. The van der Waals surface area contributed by atoms with Crippen molar-refractivity contribution in [1.29, 1.82) is 0 Å². The van der Waals surface area contributed by atoms with Crippen molar-refractivity contribution in [2.24, 2.45) is 0 Å². The summed E-state index contributed by atoms with van der Waals surface area (Å²) in [5, 5.41) is 0. The average molecular weight is 359 g/mol. The second-order valence-corrected chi connectivity index (χ2v) is 7.21. The molecule has 26 heavy (non-hydrogen) atoms. The van der Waals surface area contributed by atoms with E-state index in [-0.39, 0.29) is 11.8 Å². The molecular formula is C22H17NO2S. The van der Waals surface area contributed by atoms with Gasteiger partial charge in [-0.3, -0.25) is 14.5 Å². The van der Waals surface area contributed by atoms with E-state index < -0.39 is 0 Å². The molecule has 0 saturated carbocycles. The average Bonchev–Trinajstić information content (AvgIpc) is 2.93. The molecule has 0 atom stereocenters. The molecule has 0 aromatic heterocycles. The van der Waals surface area contributed by atoms with Crippen molar-refractivity contribution < 1.29 is 9.59 Å². The van der Waals surface area contributed by atoms with Gasteiger partial charge in [-0.25, -0.2) is 0 Å². The molecule has 2 amide bonds. The minimum absolute atomic E-state index is 0.213. The Morgan fingerprint density at radius 2 is 1.31 bits per heavy atom. The Kier molecular flexibility index (Phi) is 4.59. The summed E-state index contributed by atoms with van der Waals surface area (Å²) < 4.78 is 0. The zero-order valence-electron chi connectivity index (χ0n) is 14.1. The molecule has 1 heterocycles. The number of rotatable bonds is 5. The van der Waals surface area contributed by atoms with Crippen molar-refractivity contribution in [3.05, 3.63) is 101 Å². The van der Waals surface area contributed by atoms with Crippen molar-refractivity contribution in [2.75, 3.05) is 0 Å². The second kappa shape index (κ2) is 7.18. The van der Waals surface area contributed by atoms with Crippen LogP contribution in [0.3, 0.4) is 0 Å². The van der Waals surface area contributed by atoms with Crippen LogP contribution in [0.1, 0.15) is 31.8 Å². The smallest absolute Gasteiger partial charge is 0.261 e. The molecule has 0 bridgehead atoms. The maximum atomic E-state index is 12.5. The molecular weight excluding hydrogens is 342 g/mol. The molecule has 0 radical (unpaired) electrons. The monoisotopic (exact) mass is 359 g/mol. The van der Waals surface area contributed by atoms with Gasteiger partial charge in [0, 0.05) is 10.6 Å². The fraction of sp³-hybridized carbons (Fsp3) is 0.0909. The zero-order valence-corrected chi connectivity index (χ0v) is 14.9. The zero-order chi connectivity index (χ0) is 17.9. The summed E-state index contributed by atoms with van der Waals surface area (Å²) in [5.41, 5.74) is 3.13. The molecule has 4 rings (SSSR count). The Labute approximate surface area is 156 Å². The highest BCUT2D eigenvalue weighted by molar-refractivity contribution is 7.98. The maximum Gasteiger partial charge on any atom is 0.261 e. The molecule has 4 heteroatoms. The largest absolute Gasteiger partial charge is 0.270 e. The van der Waals surface area contributed by atoms with Crippen LogP contribution in [0.4, 0.5) is 0 Å². The van der Waals surface area contributed by atoms with Crippen LogP contribution >= 0.6 is 11.8 Å². The van der Waals surface area contributed by atoms with Gasteiger partial charge < -0.3 is 0 Å². The lowest BCUT2D eigenvalue weighted by Gasteiger charge is -2.14. The van der Waals surface area contributed by atoms with E-state index in [2.05, 4.69) is 24.3 Å². The van der Waals surface area contributed by atoms with Gasteiger partial charge in [0.05, 0.1) is 17.7 Å². The number of fused-ring (bicyclic) bond motifs is 1. The number of hydrogen-bond donors (Lipinski definition) is 0. The topological polar surface area (TPSA) is 37.4 Å². The predicted octanol–water partition coefficient (Wildman–Crippen LogP) is 4.78. The van der Waals surface area contributed by atoms with E-state index in [9.17, 15) is 9.59 Å². The van der Waals surface area contributed by atoms with Crippen LogP contribution in [0.25, 0.3) is 0 Å². The molecule has 128 valence electrons. The third-order valence-electron chi connectivity index (χ3n) is 4.36. The van der Waals surface area contributed by atoms with Crippen LogP contribution in [0.5, 0.6) is 0 Å². The van der Waals surface area contributed by atoms with Gasteiger partial charge in [-0.1, -0.05) is 54.6 Å². The van der Waals surface area contributed by atoms with Crippen LogP contribution < -0.4 is 0 Å². The first-order valence-corrected chi connectivity index (χ1v) is 9.42. The lowest BCUT2D eigenvalue weighted by atomic mass is 10.1. The van der Waals surface area contributed by atoms with Crippen LogP contribution in [-0.4, -0.2) is 16.7 Å². The summed E-state index contributed by atoms with van der Waals surface area (Å²) in [6.45, 7) is 0.302. The van der Waals surface area contributed by atoms with Crippen LogP contribution in [0.2, 0.25) is 0 Å². The first-order valence-electron chi connectivity index (χ1n) is 8.43. The molecule has 3 aromatic rings. The second-order valence-electron chi connectivity index (χ2n) is 6.16. The van der Waals surface area contributed by atoms with Gasteiger partial charge in [0.2, 0.25) is 0 Å². The fourth-order valence-electron chi connectivity index (χ4n) is 3.07. The highest BCUT2D eigenvalue weighted by Gasteiger charge is 2.34. The minimum atomic E-state index is -0.213. The van der Waals surface area contributed by atoms with Crippen LogP contribution in [-0.2, 0) is 12.3 Å². The van der Waals surface area contributed by atoms with Crippen molar-refractivity contribution in [3.8, 4) is 0 Å². The Balaban J connectivity index is 1.48. The van der Waals surface area contributed by atoms with Crippen LogP contribution in [0, 0.1) is 0 Å². The van der Waals surface area contributed by atoms with E-state index in [0.717, 1.165) is 11.3 Å². The molecule has 0 aliphatic carbocycles. The fourth-order valence-corrected chi connectivity index (χ4v) is 3.93. The van der Waals surface area contributed by atoms with Gasteiger partial charge in [-0.2, -0.15) is 0 Å². The van der Waals surface area contributed by atoms with Gasteiger partial charge in [0.15, 0.2) is 0 Å². The van der Waals surface area contributed by atoms with Crippen LogP contribution in [0.15, 0.2) is 83.8 Å². The number of imide groups is 1. The van der Waals surface area contributed by atoms with Crippen molar-refractivity contribution in [3.63, 3.8) is 0 Å². The van der Waals surface area contributed by atoms with E-state index in [1.54, 1.807) is 36.0 Å². The van der Waals surface area contributed by atoms with E-state index in [1.165, 1.54) is 15.4 Å². The SMILES string of the molecule is O=C1c2ccccc2C(=O)N1Cc1cccc(CSc2ccccc2)c1. The third kappa shape index (κ3) is 3.28. The minimum Gasteiger partial charge on any atom is -0.270 e. The standard InChI is InChI=1S/C22H17NO2S/c24-21-19-11-4-5-12-20(19)22(25)23(21)14-16-7-6-8-17(13-16)15-26-18-9-2-1-3-10-18/h1-13H,14-15H2. The third-order valence-corrected chi connectivity index (χ3v) is 5.44. The lowest BCUT2D eigenvalue weighted by molar-refractivity contribution is 0.0642. The molecule has 1 aliphatic heterocycles. The van der Waals surface area contributed by atoms with E-state index in [1.807, 2.05) is 30.3 Å². The normalized spacial score (nSPS) is 13.2. The van der Waals surface area contributed by atoms with Crippen molar-refractivity contribution in [2.45, 2.75) is 17.2 Å². The number of amides is 2. The Bertz CT molecular complexity index is 934. The molecule has 0 spiro atoms. The first kappa shape index (κ1) is 16.6. The molecule has 0 unspecified atom stereocenters. The van der Waals surface area contributed by atoms with Crippen molar-refractivity contribution >= 4 is 23.6 Å². The number of thioether (sulfide) groups is 1. The molecule has 3 nitrogen and oxygen atoms in total. The van der Waals surface area contributed by atoms with E-state index in [4.69, 9.17) is 0 Å². The molecule has 1 aliphatic rings. The number of nitrogens with zero attached hydrogens (tertiary/aromatic N) is 1. The number of benzene rings is 3. The van der Waals surface area contributed by atoms with Gasteiger partial charge in [-0.05, 0) is 35.4 Å². The van der Waals surface area contributed by atoms with Gasteiger partial charge in [-0.15, -0.1) is 11.8 Å². The Morgan fingerprint density at radius 1 is 0.692 bits per heavy atom. The Morgan fingerprint density at radius 3 is 2.00 bits per heavy atom. The highest BCUT2D eigenvalue weighted by Crippen LogP contribution is 2.26. The molecule has 0 fully saturated rings. The summed E-state index contributed by atoms with van der Waals surface area (Å²) in [6, 6.07) is 25.3. The number of carbonyl (C=O) groups is 2. The number of carbonyl (C=O) groups excluding carboxylic acids is 2. The first-order chi connectivity index (χ1) is 12.7. The number of hydrogen-bond acceptors (Lipinski definition) is 3. The Hall–Kier alpha value is -2.85. The summed E-state index contributed by atoms with van der Waals surface area (Å²) in [7, 11) is 0. The van der Waals surface area contributed by atoms with Crippen molar-refractivity contribution in [1.82, 2.24) is 4.90 Å². The summed E-state index contributed by atoms with van der Waals surface area (Å²) in [5.74, 6) is 0.421. The van der Waals surface area contributed by atoms with Gasteiger partial charge in [0.1, 0.15) is 0 Å². The van der Waals surface area contributed by atoms with Gasteiger partial charge in [0.25, 0.3) is 11.8 Å². The summed E-state index contributed by atoms with van der Waals surface area (Å²) in [6.07, 6.45) is 0. The predicted molar refractivity (Wildman–Crippen MR) is 103 cm³/mol. The summed E-state index contributed by atoms with van der Waals surface area (Å²) in [4.78, 5) is 27.6. The molecule has 0 N–H and O–H groups in total. The maximum absolute atomic E-state index is 12.5. The molecule has 3 aromatic carbocycles. The van der Waals surface area contributed by atoms with E-state index >= 15 is 0 Å². The quantitative estimate of drug-likeness (QED) is 0.486.